The molecule has 0 amide bonds. The van der Waals surface area contributed by atoms with Gasteiger partial charge in [0.15, 0.2) is 0 Å². The van der Waals surface area contributed by atoms with Gasteiger partial charge in [0, 0.05) is 0 Å². The molecular weight excluding hydrogens is 191 g/mol. The minimum absolute atomic E-state index is 0. The van der Waals surface area contributed by atoms with Crippen molar-refractivity contribution in [2.75, 3.05) is 0 Å². The quantitative estimate of drug-likeness (QED) is 0.324. The Kier molecular flexibility index (Phi) is 26.9. The fourth-order valence-electron chi connectivity index (χ4n) is 0. The van der Waals surface area contributed by atoms with E-state index in [0.717, 1.165) is 0 Å². The molecule has 0 heterocycles. The minimum Gasteiger partial charge on any atom is -2.00 e. The summed E-state index contributed by atoms with van der Waals surface area (Å²) in [6.45, 7) is 0. The van der Waals surface area contributed by atoms with Crippen molar-refractivity contribution >= 4 is 83.3 Å². The van der Waals surface area contributed by atoms with Crippen LogP contribution in [0.15, 0.2) is 0 Å². The van der Waals surface area contributed by atoms with E-state index in [1.165, 1.54) is 0 Å². The molecule has 0 fully saturated rings. The predicted octanol–water partition coefficient (Wildman–Crippen LogP) is -3.07. The van der Waals surface area contributed by atoms with E-state index in [1.807, 2.05) is 0 Å². The van der Waals surface area contributed by atoms with Gasteiger partial charge in [0.05, 0.1) is 7.82 Å². The molecule has 0 saturated heterocycles. The molecule has 0 aliphatic carbocycles. The van der Waals surface area contributed by atoms with Gasteiger partial charge in [-0.3, -0.25) is 0 Å². The molecule has 0 bridgehead atoms. The molecular formula is HCa2O5P. The molecule has 0 rings (SSSR count). The Labute approximate surface area is 106 Å². The summed E-state index contributed by atoms with van der Waals surface area (Å²) in [5.74, 6) is 0. The van der Waals surface area contributed by atoms with Gasteiger partial charge in [0.2, 0.25) is 0 Å². The molecule has 0 aliphatic heterocycles. The zero-order valence-corrected chi connectivity index (χ0v) is 9.25. The van der Waals surface area contributed by atoms with Gasteiger partial charge >= 0.3 is 75.5 Å². The van der Waals surface area contributed by atoms with Gasteiger partial charge in [-0.1, -0.05) is 0 Å². The second kappa shape index (κ2) is 9.59. The normalized spacial score (nSPS) is 7.38. The van der Waals surface area contributed by atoms with Crippen molar-refractivity contribution in [1.82, 2.24) is 0 Å². The van der Waals surface area contributed by atoms with Gasteiger partial charge in [0.25, 0.3) is 0 Å². The van der Waals surface area contributed by atoms with Gasteiger partial charge < -0.3 is 24.7 Å². The molecule has 0 aromatic carbocycles. The summed E-state index contributed by atoms with van der Waals surface area (Å²) in [6.07, 6.45) is 0. The van der Waals surface area contributed by atoms with E-state index in [0.29, 0.717) is 0 Å². The monoisotopic (exact) mass is 192 g/mol. The Morgan fingerprint density at radius 1 is 1.25 bits per heavy atom. The molecule has 8 heteroatoms. The van der Waals surface area contributed by atoms with Crippen molar-refractivity contribution in [3.05, 3.63) is 0 Å². The third-order valence-electron chi connectivity index (χ3n) is 0. The first-order chi connectivity index (χ1) is 2.00. The molecule has 1 N–H and O–H groups in total. The topological polar surface area (TPSA) is 112 Å². The van der Waals surface area contributed by atoms with E-state index in [9.17, 15) is 0 Å². The average molecular weight is 192 g/mol. The van der Waals surface area contributed by atoms with Crippen molar-refractivity contribution in [3.63, 3.8) is 0 Å². The van der Waals surface area contributed by atoms with Gasteiger partial charge in [0.1, 0.15) is 0 Å². The number of hydrogen-bond donors (Lipinski definition) is 1. The van der Waals surface area contributed by atoms with E-state index in [1.54, 1.807) is 0 Å². The Bertz CT molecular complexity index is 56.6. The summed E-state index contributed by atoms with van der Waals surface area (Å²) in [5.41, 5.74) is 0. The van der Waals surface area contributed by atoms with Crippen LogP contribution in [-0.2, 0) is 10.0 Å². The summed E-state index contributed by atoms with van der Waals surface area (Å²) in [5, 5.41) is 0. The maximum absolute atomic E-state index is 8.66. The summed E-state index contributed by atoms with van der Waals surface area (Å²) >= 11 is 0. The second-order valence-electron chi connectivity index (χ2n) is 0.469. The van der Waals surface area contributed by atoms with Crippen molar-refractivity contribution < 1.29 is 24.7 Å². The summed E-state index contributed by atoms with van der Waals surface area (Å²) in [4.78, 5) is 24.3. The van der Waals surface area contributed by atoms with E-state index in [4.69, 9.17) is 19.2 Å². The maximum atomic E-state index is 8.66. The fraction of sp³-hybridized carbons (Fsp3) is 0. The fourth-order valence-corrected chi connectivity index (χ4v) is 0. The first kappa shape index (κ1) is 22.4. The van der Waals surface area contributed by atoms with Crippen LogP contribution in [0.4, 0.5) is 0 Å². The van der Waals surface area contributed by atoms with Crippen LogP contribution in [0.1, 0.15) is 0 Å². The smallest absolute Gasteiger partial charge is 2.00 e. The van der Waals surface area contributed by atoms with Crippen molar-refractivity contribution in [1.29, 1.82) is 0 Å². The minimum atomic E-state index is -5.14. The summed E-state index contributed by atoms with van der Waals surface area (Å²) < 4.78 is 8.66. The van der Waals surface area contributed by atoms with Crippen LogP contribution in [-0.4, -0.2) is 80.4 Å². The number of rotatable bonds is 0. The molecule has 0 aromatic rings. The molecule has 0 unspecified atom stereocenters. The first-order valence-corrected chi connectivity index (χ1v) is 2.24. The second-order valence-corrected chi connectivity index (χ2v) is 1.41. The van der Waals surface area contributed by atoms with Crippen LogP contribution in [0, 0.1) is 0 Å². The zero-order chi connectivity index (χ0) is 4.50. The molecule has 0 atom stereocenters. The van der Waals surface area contributed by atoms with Crippen LogP contribution in [0.3, 0.4) is 0 Å². The zero-order valence-electron chi connectivity index (χ0n) is 3.94. The predicted molar refractivity (Wildman–Crippen MR) is 22.0 cm³/mol. The van der Waals surface area contributed by atoms with Crippen LogP contribution in [0.25, 0.3) is 0 Å². The van der Waals surface area contributed by atoms with Gasteiger partial charge in [-0.15, -0.1) is 0 Å². The SMILES string of the molecule is O=P([O-])([O-])O.[Ca+2].[Ca+2].[O-2]. The number of hydrogen-bond acceptors (Lipinski definition) is 3. The molecule has 8 heavy (non-hydrogen) atoms. The van der Waals surface area contributed by atoms with Crippen molar-refractivity contribution in [2.24, 2.45) is 0 Å². The largest absolute Gasteiger partial charge is 2.00 e. The van der Waals surface area contributed by atoms with E-state index in [2.05, 4.69) is 0 Å². The first-order valence-electron chi connectivity index (χ1n) is 0.748. The summed E-state index contributed by atoms with van der Waals surface area (Å²) in [6, 6.07) is 0. The third-order valence-corrected chi connectivity index (χ3v) is 0. The van der Waals surface area contributed by atoms with E-state index in [-0.39, 0.29) is 81.0 Å². The third kappa shape index (κ3) is 73.8. The Morgan fingerprint density at radius 2 is 1.25 bits per heavy atom. The number of phosphoric acid groups is 1. The van der Waals surface area contributed by atoms with E-state index >= 15 is 0 Å². The Balaban J connectivity index is -0.0000000267. The molecule has 0 saturated carbocycles. The molecule has 40 valence electrons. The molecule has 0 spiro atoms. The molecule has 0 radical (unpaired) electrons. The molecule has 0 aliphatic rings. The average Bonchev–Trinajstić information content (AvgIpc) is 0.722. The van der Waals surface area contributed by atoms with Crippen molar-refractivity contribution in [3.8, 4) is 0 Å². The van der Waals surface area contributed by atoms with Crippen LogP contribution in [0.2, 0.25) is 0 Å². The van der Waals surface area contributed by atoms with Crippen LogP contribution >= 0.6 is 7.82 Å². The van der Waals surface area contributed by atoms with Gasteiger partial charge in [-0.25, -0.2) is 0 Å². The van der Waals surface area contributed by atoms with Crippen molar-refractivity contribution in [2.45, 2.75) is 0 Å². The van der Waals surface area contributed by atoms with Gasteiger partial charge in [-0.05, 0) is 0 Å². The van der Waals surface area contributed by atoms with Crippen LogP contribution in [0.5, 0.6) is 0 Å². The van der Waals surface area contributed by atoms with Gasteiger partial charge in [-0.2, -0.15) is 0 Å². The summed E-state index contributed by atoms with van der Waals surface area (Å²) in [7, 11) is -5.14. The van der Waals surface area contributed by atoms with Crippen LogP contribution < -0.4 is 9.79 Å². The Morgan fingerprint density at radius 3 is 1.25 bits per heavy atom. The molecule has 0 aromatic heterocycles. The standard InChI is InChI=1S/2Ca.H3O4P.O/c;;1-5(2,3)4;/h;;(H3,1,2,3,4);/q2*+2;;-2/p-2. The molecule has 5 nitrogen and oxygen atoms in total. The Hall–Kier alpha value is 2.59. The van der Waals surface area contributed by atoms with E-state index < -0.39 is 7.82 Å². The maximum Gasteiger partial charge on any atom is 2.00 e.